The van der Waals surface area contributed by atoms with Gasteiger partial charge in [0.25, 0.3) is 0 Å². The van der Waals surface area contributed by atoms with Gasteiger partial charge >= 0.3 is 0 Å². The van der Waals surface area contributed by atoms with Gasteiger partial charge in [-0.15, -0.1) is 11.6 Å². The van der Waals surface area contributed by atoms with E-state index in [1.165, 1.54) is 19.5 Å². The Morgan fingerprint density at radius 1 is 1.33 bits per heavy atom. The van der Waals surface area contributed by atoms with Crippen LogP contribution in [-0.2, 0) is 13.0 Å². The molecular weight excluding hydrogens is 284 g/mol. The van der Waals surface area contributed by atoms with Gasteiger partial charge in [-0.25, -0.2) is 9.97 Å². The van der Waals surface area contributed by atoms with Crippen molar-refractivity contribution >= 4 is 22.8 Å². The Morgan fingerprint density at radius 3 is 2.90 bits per heavy atom. The van der Waals surface area contributed by atoms with E-state index >= 15 is 0 Å². The quantitative estimate of drug-likeness (QED) is 0.797. The molecule has 2 aromatic heterocycles. The molecule has 1 fully saturated rings. The van der Waals surface area contributed by atoms with Crippen LogP contribution in [0.25, 0.3) is 11.2 Å². The highest BCUT2D eigenvalue weighted by Crippen LogP contribution is 2.22. The third-order valence-corrected chi connectivity index (χ3v) is 4.58. The van der Waals surface area contributed by atoms with E-state index in [0.717, 1.165) is 42.2 Å². The van der Waals surface area contributed by atoms with Crippen molar-refractivity contribution < 1.29 is 0 Å². The van der Waals surface area contributed by atoms with E-state index in [1.807, 2.05) is 13.0 Å². The summed E-state index contributed by atoms with van der Waals surface area (Å²) < 4.78 is 2.30. The van der Waals surface area contributed by atoms with Crippen molar-refractivity contribution in [3.8, 4) is 0 Å². The van der Waals surface area contributed by atoms with Gasteiger partial charge in [-0.05, 0) is 44.5 Å². The molecule has 1 unspecified atom stereocenters. The standard InChI is InChI=1S/C16H23ClN4/c1-3-20-9-7-13(10-20)11-21-15(6-8-17)19-14-5-4-12(2)18-16(14)21/h4-5,13H,3,6-11H2,1-2H3. The van der Waals surface area contributed by atoms with Gasteiger partial charge in [0.15, 0.2) is 5.65 Å². The summed E-state index contributed by atoms with van der Waals surface area (Å²) in [6.07, 6.45) is 2.07. The number of nitrogens with zero attached hydrogens (tertiary/aromatic N) is 4. The van der Waals surface area contributed by atoms with Crippen LogP contribution in [0.4, 0.5) is 0 Å². The molecule has 0 spiro atoms. The van der Waals surface area contributed by atoms with Crippen molar-refractivity contribution in [2.45, 2.75) is 33.2 Å². The van der Waals surface area contributed by atoms with Gasteiger partial charge in [-0.3, -0.25) is 0 Å². The van der Waals surface area contributed by atoms with Crippen LogP contribution >= 0.6 is 11.6 Å². The number of hydrogen-bond donors (Lipinski definition) is 0. The third kappa shape index (κ3) is 3.06. The van der Waals surface area contributed by atoms with Gasteiger partial charge in [-0.1, -0.05) is 6.92 Å². The van der Waals surface area contributed by atoms with E-state index in [0.29, 0.717) is 11.8 Å². The van der Waals surface area contributed by atoms with Crippen molar-refractivity contribution in [1.82, 2.24) is 19.4 Å². The molecule has 4 nitrogen and oxygen atoms in total. The van der Waals surface area contributed by atoms with Crippen LogP contribution in [-0.4, -0.2) is 44.9 Å². The molecule has 1 saturated heterocycles. The first-order valence-corrected chi connectivity index (χ1v) is 8.35. The van der Waals surface area contributed by atoms with Crippen molar-refractivity contribution in [3.63, 3.8) is 0 Å². The van der Waals surface area contributed by atoms with Crippen molar-refractivity contribution in [1.29, 1.82) is 0 Å². The monoisotopic (exact) mass is 306 g/mol. The predicted octanol–water partition coefficient (Wildman–Crippen LogP) is 2.86. The topological polar surface area (TPSA) is 34.0 Å². The summed E-state index contributed by atoms with van der Waals surface area (Å²) in [5, 5.41) is 0. The van der Waals surface area contributed by atoms with E-state index in [9.17, 15) is 0 Å². The largest absolute Gasteiger partial charge is 0.312 e. The second-order valence-corrected chi connectivity index (χ2v) is 6.30. The van der Waals surface area contributed by atoms with Crippen LogP contribution in [0.2, 0.25) is 0 Å². The van der Waals surface area contributed by atoms with Crippen molar-refractivity contribution in [3.05, 3.63) is 23.7 Å². The van der Waals surface area contributed by atoms with E-state index in [1.54, 1.807) is 0 Å². The van der Waals surface area contributed by atoms with Crippen LogP contribution in [0.1, 0.15) is 24.9 Å². The number of halogens is 1. The number of aromatic nitrogens is 3. The highest BCUT2D eigenvalue weighted by atomic mass is 35.5. The summed E-state index contributed by atoms with van der Waals surface area (Å²) in [5.74, 6) is 2.38. The summed E-state index contributed by atoms with van der Waals surface area (Å²) in [4.78, 5) is 11.9. The lowest BCUT2D eigenvalue weighted by molar-refractivity contribution is 0.332. The lowest BCUT2D eigenvalue weighted by Crippen LogP contribution is -2.22. The van der Waals surface area contributed by atoms with Gasteiger partial charge in [0.05, 0.1) is 0 Å². The second-order valence-electron chi connectivity index (χ2n) is 5.92. The maximum absolute atomic E-state index is 5.95. The van der Waals surface area contributed by atoms with Crippen LogP contribution in [0, 0.1) is 12.8 Å². The molecule has 114 valence electrons. The molecule has 3 heterocycles. The fraction of sp³-hybridized carbons (Fsp3) is 0.625. The zero-order valence-corrected chi connectivity index (χ0v) is 13.6. The minimum atomic E-state index is 0.605. The summed E-state index contributed by atoms with van der Waals surface area (Å²) >= 11 is 5.95. The number of imidazole rings is 1. The van der Waals surface area contributed by atoms with E-state index < -0.39 is 0 Å². The predicted molar refractivity (Wildman–Crippen MR) is 86.9 cm³/mol. The Kier molecular flexibility index (Phi) is 4.45. The average Bonchev–Trinajstić information content (AvgIpc) is 3.06. The molecule has 0 amide bonds. The van der Waals surface area contributed by atoms with Gasteiger partial charge < -0.3 is 9.47 Å². The average molecular weight is 307 g/mol. The maximum atomic E-state index is 5.95. The van der Waals surface area contributed by atoms with Gasteiger partial charge in [0.2, 0.25) is 0 Å². The first kappa shape index (κ1) is 14.8. The number of pyridine rings is 1. The van der Waals surface area contributed by atoms with Crippen LogP contribution < -0.4 is 0 Å². The molecule has 21 heavy (non-hydrogen) atoms. The number of alkyl halides is 1. The summed E-state index contributed by atoms with van der Waals surface area (Å²) in [6, 6.07) is 4.09. The minimum absolute atomic E-state index is 0.605. The number of fused-ring (bicyclic) bond motifs is 1. The minimum Gasteiger partial charge on any atom is -0.312 e. The Bertz CT molecular complexity index is 622. The van der Waals surface area contributed by atoms with Gasteiger partial charge in [0, 0.05) is 31.1 Å². The number of aryl methyl sites for hydroxylation is 2. The summed E-state index contributed by atoms with van der Waals surface area (Å²) in [7, 11) is 0. The van der Waals surface area contributed by atoms with E-state index in [-0.39, 0.29) is 0 Å². The molecule has 0 bridgehead atoms. The van der Waals surface area contributed by atoms with Gasteiger partial charge in [-0.2, -0.15) is 0 Å². The first-order valence-electron chi connectivity index (χ1n) is 7.82. The van der Waals surface area contributed by atoms with Crippen LogP contribution in [0.3, 0.4) is 0 Å². The second kappa shape index (κ2) is 6.32. The van der Waals surface area contributed by atoms with Crippen molar-refractivity contribution in [2.24, 2.45) is 5.92 Å². The molecular formula is C16H23ClN4. The Balaban J connectivity index is 1.91. The lowest BCUT2D eigenvalue weighted by atomic mass is 10.1. The molecule has 5 heteroatoms. The summed E-state index contributed by atoms with van der Waals surface area (Å²) in [5.41, 5.74) is 3.05. The molecule has 0 radical (unpaired) electrons. The molecule has 0 saturated carbocycles. The molecule has 2 aromatic rings. The smallest absolute Gasteiger partial charge is 0.160 e. The third-order valence-electron chi connectivity index (χ3n) is 4.39. The van der Waals surface area contributed by atoms with E-state index in [4.69, 9.17) is 21.6 Å². The SMILES string of the molecule is CCN1CCC(Cn2c(CCCl)nc3ccc(C)nc32)C1. The first-order chi connectivity index (χ1) is 10.2. The molecule has 1 aliphatic rings. The fourth-order valence-electron chi connectivity index (χ4n) is 3.22. The normalized spacial score (nSPS) is 19.7. The highest BCUT2D eigenvalue weighted by Gasteiger charge is 2.23. The molecule has 0 aromatic carbocycles. The number of likely N-dealkylation sites (tertiary alicyclic amines) is 1. The lowest BCUT2D eigenvalue weighted by Gasteiger charge is -2.15. The maximum Gasteiger partial charge on any atom is 0.160 e. The zero-order chi connectivity index (χ0) is 14.8. The zero-order valence-electron chi connectivity index (χ0n) is 12.8. The molecule has 0 aliphatic carbocycles. The highest BCUT2D eigenvalue weighted by molar-refractivity contribution is 6.17. The Hall–Kier alpha value is -1.13. The van der Waals surface area contributed by atoms with Crippen LogP contribution in [0.5, 0.6) is 0 Å². The van der Waals surface area contributed by atoms with Crippen LogP contribution in [0.15, 0.2) is 12.1 Å². The number of hydrogen-bond acceptors (Lipinski definition) is 3. The number of rotatable bonds is 5. The van der Waals surface area contributed by atoms with Gasteiger partial charge in [0.1, 0.15) is 11.3 Å². The molecule has 1 atom stereocenters. The summed E-state index contributed by atoms with van der Waals surface area (Å²) in [6.45, 7) is 8.82. The van der Waals surface area contributed by atoms with Crippen molar-refractivity contribution in [2.75, 3.05) is 25.5 Å². The molecule has 1 aliphatic heterocycles. The van der Waals surface area contributed by atoms with E-state index in [2.05, 4.69) is 22.5 Å². The Labute approximate surface area is 131 Å². The Morgan fingerprint density at radius 2 is 2.19 bits per heavy atom. The molecule has 3 rings (SSSR count). The molecule has 0 N–H and O–H groups in total. The fourth-order valence-corrected chi connectivity index (χ4v) is 3.39.